The molecular weight excluding hydrogens is 412 g/mol. The lowest BCUT2D eigenvalue weighted by Crippen LogP contribution is -2.33. The molecule has 0 unspecified atom stereocenters. The Morgan fingerprint density at radius 3 is 2.79 bits per heavy atom. The van der Waals surface area contributed by atoms with Crippen LogP contribution in [0.25, 0.3) is 16.5 Å². The lowest BCUT2D eigenvalue weighted by atomic mass is 9.68. The van der Waals surface area contributed by atoms with Crippen molar-refractivity contribution in [2.24, 2.45) is 5.41 Å². The smallest absolute Gasteiger partial charge is 0.162 e. The molecule has 0 saturated heterocycles. The van der Waals surface area contributed by atoms with Crippen LogP contribution in [-0.2, 0) is 4.79 Å². The maximum absolute atomic E-state index is 13.3. The van der Waals surface area contributed by atoms with Crippen molar-refractivity contribution in [2.45, 2.75) is 32.7 Å². The SMILES string of the molecule is CC1(C)CC(=O)C2=C(C1)c1c(ccc3ncccc13)N[C@@H]2c1cccc(Br)c1. The molecule has 140 valence electrons. The molecule has 0 saturated carbocycles. The molecule has 1 aliphatic heterocycles. The molecule has 2 heterocycles. The summed E-state index contributed by atoms with van der Waals surface area (Å²) in [6, 6.07) is 16.3. The first kappa shape index (κ1) is 17.6. The Morgan fingerprint density at radius 1 is 1.11 bits per heavy atom. The Labute approximate surface area is 173 Å². The van der Waals surface area contributed by atoms with Crippen LogP contribution >= 0.6 is 15.9 Å². The predicted octanol–water partition coefficient (Wildman–Crippen LogP) is 6.31. The number of hydrogen-bond donors (Lipinski definition) is 1. The molecule has 0 amide bonds. The summed E-state index contributed by atoms with van der Waals surface area (Å²) in [4.78, 5) is 17.9. The number of benzene rings is 2. The van der Waals surface area contributed by atoms with Crippen molar-refractivity contribution in [3.05, 3.63) is 75.9 Å². The monoisotopic (exact) mass is 432 g/mol. The van der Waals surface area contributed by atoms with Gasteiger partial charge in [-0.1, -0.05) is 48.0 Å². The van der Waals surface area contributed by atoms with Crippen LogP contribution in [0.2, 0.25) is 0 Å². The summed E-state index contributed by atoms with van der Waals surface area (Å²) < 4.78 is 1.02. The van der Waals surface area contributed by atoms with E-state index in [2.05, 4.69) is 70.4 Å². The van der Waals surface area contributed by atoms with Gasteiger partial charge in [0.15, 0.2) is 5.78 Å². The number of fused-ring (bicyclic) bond motifs is 4. The van der Waals surface area contributed by atoms with E-state index in [0.717, 1.165) is 44.2 Å². The van der Waals surface area contributed by atoms with E-state index >= 15 is 0 Å². The maximum Gasteiger partial charge on any atom is 0.162 e. The molecule has 3 nitrogen and oxygen atoms in total. The molecule has 1 atom stereocenters. The summed E-state index contributed by atoms with van der Waals surface area (Å²) in [6.45, 7) is 4.38. The number of allylic oxidation sites excluding steroid dienone is 1. The fraction of sp³-hybridized carbons (Fsp3) is 0.250. The lowest BCUT2D eigenvalue weighted by molar-refractivity contribution is -0.118. The number of halogens is 1. The zero-order chi connectivity index (χ0) is 19.5. The van der Waals surface area contributed by atoms with Crippen LogP contribution in [0.15, 0.2) is 64.8 Å². The summed E-state index contributed by atoms with van der Waals surface area (Å²) in [5.41, 5.74) is 6.34. The van der Waals surface area contributed by atoms with E-state index in [1.54, 1.807) is 0 Å². The van der Waals surface area contributed by atoms with Gasteiger partial charge in [-0.3, -0.25) is 9.78 Å². The third-order valence-electron chi connectivity index (χ3n) is 5.78. The summed E-state index contributed by atoms with van der Waals surface area (Å²) in [5.74, 6) is 0.246. The van der Waals surface area contributed by atoms with Crippen LogP contribution in [0.1, 0.15) is 43.9 Å². The van der Waals surface area contributed by atoms with Crippen molar-refractivity contribution in [3.8, 4) is 0 Å². The van der Waals surface area contributed by atoms with Gasteiger partial charge in [0.2, 0.25) is 0 Å². The molecule has 1 aliphatic carbocycles. The van der Waals surface area contributed by atoms with Gasteiger partial charge in [-0.15, -0.1) is 0 Å². The first-order valence-corrected chi connectivity index (χ1v) is 10.4. The van der Waals surface area contributed by atoms with E-state index < -0.39 is 0 Å². The second-order valence-corrected chi connectivity index (χ2v) is 9.44. The van der Waals surface area contributed by atoms with E-state index in [4.69, 9.17) is 0 Å². The molecule has 0 radical (unpaired) electrons. The number of pyridine rings is 1. The summed E-state index contributed by atoms with van der Waals surface area (Å²) >= 11 is 3.58. The van der Waals surface area contributed by atoms with Crippen LogP contribution in [0.4, 0.5) is 5.69 Å². The van der Waals surface area contributed by atoms with E-state index in [0.29, 0.717) is 6.42 Å². The van der Waals surface area contributed by atoms with Crippen molar-refractivity contribution in [1.29, 1.82) is 0 Å². The lowest BCUT2D eigenvalue weighted by Gasteiger charge is -2.40. The van der Waals surface area contributed by atoms with Crippen LogP contribution in [0.3, 0.4) is 0 Å². The van der Waals surface area contributed by atoms with Crippen LogP contribution in [-0.4, -0.2) is 10.8 Å². The zero-order valence-corrected chi connectivity index (χ0v) is 17.5. The average molecular weight is 433 g/mol. The number of nitrogens with zero attached hydrogens (tertiary/aromatic N) is 1. The Kier molecular flexibility index (Phi) is 3.95. The average Bonchev–Trinajstić information content (AvgIpc) is 2.66. The van der Waals surface area contributed by atoms with Gasteiger partial charge in [-0.05, 0) is 53.3 Å². The number of rotatable bonds is 1. The normalized spacial score (nSPS) is 20.5. The highest BCUT2D eigenvalue weighted by atomic mass is 79.9. The number of carbonyl (C=O) groups is 1. The van der Waals surface area contributed by atoms with Crippen LogP contribution < -0.4 is 5.32 Å². The molecule has 4 heteroatoms. The minimum Gasteiger partial charge on any atom is -0.373 e. The highest BCUT2D eigenvalue weighted by Gasteiger charge is 2.40. The van der Waals surface area contributed by atoms with Gasteiger partial charge in [0.1, 0.15) is 0 Å². The molecule has 2 aromatic carbocycles. The van der Waals surface area contributed by atoms with E-state index in [-0.39, 0.29) is 17.2 Å². The Bertz CT molecular complexity index is 1160. The Morgan fingerprint density at radius 2 is 1.96 bits per heavy atom. The quantitative estimate of drug-likeness (QED) is 0.489. The van der Waals surface area contributed by atoms with Crippen LogP contribution in [0.5, 0.6) is 0 Å². The summed E-state index contributed by atoms with van der Waals surface area (Å²) in [5, 5.41) is 4.77. The third kappa shape index (κ3) is 2.78. The fourth-order valence-electron chi connectivity index (χ4n) is 4.65. The van der Waals surface area contributed by atoms with Gasteiger partial charge in [-0.2, -0.15) is 0 Å². The highest BCUT2D eigenvalue weighted by Crippen LogP contribution is 2.51. The molecule has 28 heavy (non-hydrogen) atoms. The predicted molar refractivity (Wildman–Crippen MR) is 117 cm³/mol. The molecule has 0 spiro atoms. The van der Waals surface area contributed by atoms with Gasteiger partial charge in [0, 0.05) is 39.3 Å². The molecule has 0 fully saturated rings. The molecule has 1 aromatic heterocycles. The Hall–Kier alpha value is -2.46. The standard InChI is InChI=1S/C24H21BrN2O/c1-24(2)12-17-21-16-7-4-10-26-18(16)8-9-19(21)27-23(22(17)20(28)13-24)14-5-3-6-15(25)11-14/h3-11,23,27H,12-13H2,1-2H3/t23-/m1/s1. The van der Waals surface area contributed by atoms with Crippen LogP contribution in [0, 0.1) is 5.41 Å². The van der Waals surface area contributed by atoms with Gasteiger partial charge < -0.3 is 5.32 Å². The first-order valence-electron chi connectivity index (χ1n) is 9.59. The number of anilines is 1. The molecule has 5 rings (SSSR count). The van der Waals surface area contributed by atoms with Crippen molar-refractivity contribution in [2.75, 3.05) is 5.32 Å². The molecule has 1 N–H and O–H groups in total. The molecular formula is C24H21BrN2O. The van der Waals surface area contributed by atoms with Crippen molar-refractivity contribution < 1.29 is 4.79 Å². The minimum atomic E-state index is -0.127. The second-order valence-electron chi connectivity index (χ2n) is 8.52. The topological polar surface area (TPSA) is 42.0 Å². The number of aromatic nitrogens is 1. The highest BCUT2D eigenvalue weighted by molar-refractivity contribution is 9.10. The number of ketones is 1. The van der Waals surface area contributed by atoms with Gasteiger partial charge in [-0.25, -0.2) is 0 Å². The van der Waals surface area contributed by atoms with E-state index in [1.165, 1.54) is 5.57 Å². The minimum absolute atomic E-state index is 0.0449. The number of Topliss-reactive ketones (excluding diaryl/α,β-unsaturated/α-hetero) is 1. The second kappa shape index (κ2) is 6.28. The number of hydrogen-bond acceptors (Lipinski definition) is 3. The van der Waals surface area contributed by atoms with E-state index in [1.807, 2.05) is 24.4 Å². The third-order valence-corrected chi connectivity index (χ3v) is 6.27. The largest absolute Gasteiger partial charge is 0.373 e. The molecule has 2 aliphatic rings. The van der Waals surface area contributed by atoms with Gasteiger partial charge in [0.05, 0.1) is 11.6 Å². The summed E-state index contributed by atoms with van der Waals surface area (Å²) in [7, 11) is 0. The van der Waals surface area contributed by atoms with E-state index in [9.17, 15) is 4.79 Å². The summed E-state index contributed by atoms with van der Waals surface area (Å²) in [6.07, 6.45) is 3.29. The maximum atomic E-state index is 13.3. The molecule has 3 aromatic rings. The van der Waals surface area contributed by atoms with Gasteiger partial charge in [0.25, 0.3) is 0 Å². The fourth-order valence-corrected chi connectivity index (χ4v) is 5.07. The van der Waals surface area contributed by atoms with Crippen molar-refractivity contribution in [1.82, 2.24) is 4.98 Å². The molecule has 0 bridgehead atoms. The number of carbonyl (C=O) groups excluding carboxylic acids is 1. The van der Waals surface area contributed by atoms with Gasteiger partial charge >= 0.3 is 0 Å². The first-order chi connectivity index (χ1) is 13.4. The van der Waals surface area contributed by atoms with Crippen molar-refractivity contribution >= 4 is 43.9 Å². The van der Waals surface area contributed by atoms with Crippen molar-refractivity contribution in [3.63, 3.8) is 0 Å². The number of nitrogens with one attached hydrogen (secondary N) is 1. The zero-order valence-electron chi connectivity index (χ0n) is 15.9. The Balaban J connectivity index is 1.81.